The minimum atomic E-state index is -1.05. The first kappa shape index (κ1) is 24.2. The van der Waals surface area contributed by atoms with Gasteiger partial charge in [-0.2, -0.15) is 5.10 Å². The average molecular weight is 477 g/mol. The van der Waals surface area contributed by atoms with E-state index in [1.54, 1.807) is 60.7 Å². The fourth-order valence-corrected chi connectivity index (χ4v) is 3.07. The number of phenolic OH excluding ortho intramolecular Hbond substituents is 1. The number of hydrogen-bond donors (Lipinski definition) is 4. The van der Waals surface area contributed by atoms with E-state index in [9.17, 15) is 19.5 Å². The number of amides is 3. The second-order valence-corrected chi connectivity index (χ2v) is 7.44. The molecule has 0 aromatic heterocycles. The van der Waals surface area contributed by atoms with E-state index in [2.05, 4.69) is 27.7 Å². The van der Waals surface area contributed by atoms with Gasteiger partial charge in [0, 0.05) is 16.3 Å². The van der Waals surface area contributed by atoms with Gasteiger partial charge in [0.2, 0.25) is 0 Å². The molecule has 0 aliphatic heterocycles. The zero-order chi connectivity index (χ0) is 24.5. The minimum absolute atomic E-state index is 0.00507. The highest BCUT2D eigenvalue weighted by Crippen LogP contribution is 2.22. The lowest BCUT2D eigenvalue weighted by atomic mass is 10.1. The van der Waals surface area contributed by atoms with Crippen molar-refractivity contribution in [1.82, 2.24) is 5.43 Å². The second kappa shape index (κ2) is 11.4. The Morgan fingerprint density at radius 2 is 1.68 bits per heavy atom. The van der Waals surface area contributed by atoms with Crippen molar-refractivity contribution < 1.29 is 19.5 Å². The molecule has 0 aliphatic rings. The lowest BCUT2D eigenvalue weighted by Crippen LogP contribution is -2.33. The number of aromatic hydroxyl groups is 1. The van der Waals surface area contributed by atoms with Crippen molar-refractivity contribution in [2.24, 2.45) is 5.10 Å². The lowest BCUT2D eigenvalue weighted by Gasteiger charge is -2.11. The van der Waals surface area contributed by atoms with Crippen LogP contribution in [0.5, 0.6) is 5.75 Å². The summed E-state index contributed by atoms with van der Waals surface area (Å²) in [5.74, 6) is -2.54. The van der Waals surface area contributed by atoms with Gasteiger partial charge in [-0.1, -0.05) is 41.9 Å². The Morgan fingerprint density at radius 3 is 2.41 bits per heavy atom. The number of hydrogen-bond acceptors (Lipinski definition) is 5. The molecule has 0 bridgehead atoms. The van der Waals surface area contributed by atoms with Gasteiger partial charge in [0.25, 0.3) is 5.91 Å². The first-order valence-electron chi connectivity index (χ1n) is 10.1. The summed E-state index contributed by atoms with van der Waals surface area (Å²) in [4.78, 5) is 37.2. The number of carbonyl (C=O) groups is 3. The molecule has 0 heterocycles. The van der Waals surface area contributed by atoms with Crippen LogP contribution in [0.2, 0.25) is 5.02 Å². The Morgan fingerprint density at radius 1 is 0.941 bits per heavy atom. The molecule has 3 aromatic rings. The molecule has 0 saturated carbocycles. The molecule has 3 rings (SSSR count). The summed E-state index contributed by atoms with van der Waals surface area (Å²) in [5.41, 5.74) is 3.93. The lowest BCUT2D eigenvalue weighted by molar-refractivity contribution is -0.136. The van der Waals surface area contributed by atoms with Gasteiger partial charge in [-0.15, -0.1) is 6.58 Å². The maximum Gasteiger partial charge on any atom is 0.329 e. The number of benzene rings is 3. The molecule has 0 unspecified atom stereocenters. The monoisotopic (exact) mass is 476 g/mol. The topological polar surface area (TPSA) is 120 Å². The molecule has 3 amide bonds. The van der Waals surface area contributed by atoms with Crippen LogP contribution in [0.15, 0.2) is 84.5 Å². The molecule has 0 fully saturated rings. The summed E-state index contributed by atoms with van der Waals surface area (Å²) in [6.07, 6.45) is 3.34. The van der Waals surface area contributed by atoms with Crippen LogP contribution < -0.4 is 16.1 Å². The van der Waals surface area contributed by atoms with Crippen molar-refractivity contribution in [3.8, 4) is 5.75 Å². The predicted molar refractivity (Wildman–Crippen MR) is 132 cm³/mol. The smallest absolute Gasteiger partial charge is 0.329 e. The van der Waals surface area contributed by atoms with E-state index >= 15 is 0 Å². The van der Waals surface area contributed by atoms with Crippen molar-refractivity contribution in [2.75, 3.05) is 10.6 Å². The van der Waals surface area contributed by atoms with E-state index in [0.717, 1.165) is 0 Å². The number of para-hydroxylation sites is 2. The van der Waals surface area contributed by atoms with Crippen molar-refractivity contribution in [3.05, 3.63) is 101 Å². The first-order chi connectivity index (χ1) is 16.4. The predicted octanol–water partition coefficient (Wildman–Crippen LogP) is 4.12. The third-order valence-electron chi connectivity index (χ3n) is 4.61. The van der Waals surface area contributed by atoms with Crippen LogP contribution in [0.25, 0.3) is 0 Å². The summed E-state index contributed by atoms with van der Waals surface area (Å²) in [5, 5.41) is 19.6. The van der Waals surface area contributed by atoms with Gasteiger partial charge >= 0.3 is 11.8 Å². The normalized spacial score (nSPS) is 10.5. The average Bonchev–Trinajstić information content (AvgIpc) is 2.83. The number of phenols is 1. The van der Waals surface area contributed by atoms with Crippen LogP contribution in [-0.2, 0) is 16.0 Å². The van der Waals surface area contributed by atoms with E-state index in [0.29, 0.717) is 28.3 Å². The SMILES string of the molecule is C=CCc1cccc(C=NNC(=O)C(=O)Nc2ccccc2C(=O)Nc2ccc(Cl)cc2)c1O. The quantitative estimate of drug-likeness (QED) is 0.177. The van der Waals surface area contributed by atoms with Gasteiger partial charge in [0.15, 0.2) is 0 Å². The van der Waals surface area contributed by atoms with Crippen LogP contribution >= 0.6 is 11.6 Å². The Balaban J connectivity index is 1.64. The van der Waals surface area contributed by atoms with Crippen LogP contribution in [-0.4, -0.2) is 29.0 Å². The highest BCUT2D eigenvalue weighted by molar-refractivity contribution is 6.40. The molecule has 0 saturated heterocycles. The number of nitrogens with zero attached hydrogens (tertiary/aromatic N) is 1. The highest BCUT2D eigenvalue weighted by Gasteiger charge is 2.18. The van der Waals surface area contributed by atoms with E-state index in [-0.39, 0.29) is 17.0 Å². The van der Waals surface area contributed by atoms with Gasteiger partial charge in [0.1, 0.15) is 5.75 Å². The van der Waals surface area contributed by atoms with Gasteiger partial charge in [-0.25, -0.2) is 5.43 Å². The largest absolute Gasteiger partial charge is 0.507 e. The molecule has 3 aromatic carbocycles. The third-order valence-corrected chi connectivity index (χ3v) is 4.86. The Hall–Kier alpha value is -4.43. The maximum absolute atomic E-state index is 12.7. The van der Waals surface area contributed by atoms with E-state index < -0.39 is 17.7 Å². The highest BCUT2D eigenvalue weighted by atomic mass is 35.5. The molecule has 172 valence electrons. The van der Waals surface area contributed by atoms with Crippen LogP contribution in [0.3, 0.4) is 0 Å². The van der Waals surface area contributed by atoms with Gasteiger partial charge in [-0.3, -0.25) is 14.4 Å². The summed E-state index contributed by atoms with van der Waals surface area (Å²) >= 11 is 5.85. The molecule has 34 heavy (non-hydrogen) atoms. The zero-order valence-electron chi connectivity index (χ0n) is 17.9. The summed E-state index contributed by atoms with van der Waals surface area (Å²) in [6.45, 7) is 3.63. The Bertz CT molecular complexity index is 1260. The molecule has 0 spiro atoms. The van der Waals surface area contributed by atoms with E-state index in [4.69, 9.17) is 11.6 Å². The number of rotatable bonds is 7. The van der Waals surface area contributed by atoms with E-state index in [1.807, 2.05) is 0 Å². The number of nitrogens with one attached hydrogen (secondary N) is 3. The van der Waals surface area contributed by atoms with Gasteiger partial charge in [0.05, 0.1) is 17.5 Å². The third kappa shape index (κ3) is 6.30. The fourth-order valence-electron chi connectivity index (χ4n) is 2.95. The number of allylic oxidation sites excluding steroid dienone is 1. The molecule has 0 atom stereocenters. The Labute approximate surface area is 201 Å². The van der Waals surface area contributed by atoms with Crippen LogP contribution in [0.4, 0.5) is 11.4 Å². The van der Waals surface area contributed by atoms with Crippen LogP contribution in [0, 0.1) is 0 Å². The van der Waals surface area contributed by atoms with Gasteiger partial charge in [-0.05, 0) is 54.4 Å². The van der Waals surface area contributed by atoms with Crippen LogP contribution in [0.1, 0.15) is 21.5 Å². The molecule has 4 N–H and O–H groups in total. The fraction of sp³-hybridized carbons (Fsp3) is 0.0400. The molecule has 8 nitrogen and oxygen atoms in total. The number of carbonyl (C=O) groups excluding carboxylic acids is 3. The molecule has 0 radical (unpaired) electrons. The number of halogens is 1. The molecular weight excluding hydrogens is 456 g/mol. The summed E-state index contributed by atoms with van der Waals surface area (Å²) in [7, 11) is 0. The van der Waals surface area contributed by atoms with Gasteiger partial charge < -0.3 is 15.7 Å². The van der Waals surface area contributed by atoms with E-state index in [1.165, 1.54) is 18.3 Å². The standard InChI is InChI=1S/C25H21ClN4O4/c1-2-6-16-7-5-8-17(22(16)31)15-27-30-25(34)24(33)29-21-10-4-3-9-20(21)23(32)28-19-13-11-18(26)12-14-19/h2-5,7-15,31H,1,6H2,(H,28,32)(H,29,33)(H,30,34). The van der Waals surface area contributed by atoms with Crippen molar-refractivity contribution >= 4 is 46.9 Å². The molecule has 0 aliphatic carbocycles. The van der Waals surface area contributed by atoms with Crippen molar-refractivity contribution in [3.63, 3.8) is 0 Å². The summed E-state index contributed by atoms with van der Waals surface area (Å²) in [6, 6.07) is 17.8. The number of hydrazone groups is 1. The maximum atomic E-state index is 12.7. The zero-order valence-corrected chi connectivity index (χ0v) is 18.7. The second-order valence-electron chi connectivity index (χ2n) is 7.01. The van der Waals surface area contributed by atoms with Crippen molar-refractivity contribution in [1.29, 1.82) is 0 Å². The molecule has 9 heteroatoms. The van der Waals surface area contributed by atoms with Crippen molar-refractivity contribution in [2.45, 2.75) is 6.42 Å². The Kier molecular flexibility index (Phi) is 8.15. The minimum Gasteiger partial charge on any atom is -0.507 e. The first-order valence-corrected chi connectivity index (χ1v) is 10.5. The summed E-state index contributed by atoms with van der Waals surface area (Å²) < 4.78 is 0. The molecular formula is C25H21ClN4O4. The number of anilines is 2.